The van der Waals surface area contributed by atoms with E-state index in [2.05, 4.69) is 12.2 Å². The third kappa shape index (κ3) is 4.64. The van der Waals surface area contributed by atoms with Gasteiger partial charge in [0.05, 0.1) is 6.61 Å². The Morgan fingerprint density at radius 3 is 3.00 bits per heavy atom. The lowest BCUT2D eigenvalue weighted by Crippen LogP contribution is -2.45. The number of methoxy groups -OCH3 is 1. The van der Waals surface area contributed by atoms with Crippen molar-refractivity contribution in [3.8, 4) is 0 Å². The molecule has 1 fully saturated rings. The Kier molecular flexibility index (Phi) is 6.52. The number of nitrogens with zero attached hydrogens (tertiary/aromatic N) is 1. The van der Waals surface area contributed by atoms with Crippen LogP contribution in [-0.4, -0.2) is 50.7 Å². The van der Waals surface area contributed by atoms with E-state index in [-0.39, 0.29) is 11.8 Å². The zero-order valence-electron chi connectivity index (χ0n) is 11.4. The van der Waals surface area contributed by atoms with Gasteiger partial charge >= 0.3 is 0 Å². The fourth-order valence-corrected chi connectivity index (χ4v) is 2.40. The SMILES string of the molecule is CCNCC(C)C(=O)N1CCCC(COC)C1. The van der Waals surface area contributed by atoms with Gasteiger partial charge in [-0.15, -0.1) is 0 Å². The molecule has 1 aliphatic rings. The third-order valence-electron chi connectivity index (χ3n) is 3.36. The molecule has 4 nitrogen and oxygen atoms in total. The number of nitrogens with one attached hydrogen (secondary N) is 1. The number of hydrogen-bond donors (Lipinski definition) is 1. The van der Waals surface area contributed by atoms with E-state index in [0.29, 0.717) is 5.92 Å². The summed E-state index contributed by atoms with van der Waals surface area (Å²) in [6.07, 6.45) is 2.28. The second-order valence-corrected chi connectivity index (χ2v) is 4.96. The summed E-state index contributed by atoms with van der Waals surface area (Å²) >= 11 is 0. The highest BCUT2D eigenvalue weighted by Crippen LogP contribution is 2.18. The maximum atomic E-state index is 12.2. The largest absolute Gasteiger partial charge is 0.384 e. The molecule has 0 spiro atoms. The predicted octanol–water partition coefficient (Wildman–Crippen LogP) is 1.12. The van der Waals surface area contributed by atoms with E-state index in [1.165, 1.54) is 6.42 Å². The van der Waals surface area contributed by atoms with Crippen LogP contribution in [0, 0.1) is 11.8 Å². The van der Waals surface area contributed by atoms with Crippen LogP contribution in [0.15, 0.2) is 0 Å². The molecule has 0 aliphatic carbocycles. The molecule has 1 saturated heterocycles. The molecule has 0 aromatic rings. The number of rotatable bonds is 6. The summed E-state index contributed by atoms with van der Waals surface area (Å²) in [5.41, 5.74) is 0. The summed E-state index contributed by atoms with van der Waals surface area (Å²) < 4.78 is 5.18. The van der Waals surface area contributed by atoms with Crippen molar-refractivity contribution in [2.24, 2.45) is 11.8 Å². The summed E-state index contributed by atoms with van der Waals surface area (Å²) in [5.74, 6) is 0.882. The highest BCUT2D eigenvalue weighted by Gasteiger charge is 2.26. The molecule has 0 bridgehead atoms. The number of piperidine rings is 1. The van der Waals surface area contributed by atoms with Crippen LogP contribution in [0.5, 0.6) is 0 Å². The molecule has 100 valence electrons. The van der Waals surface area contributed by atoms with Crippen LogP contribution in [0.2, 0.25) is 0 Å². The zero-order chi connectivity index (χ0) is 12.7. The fraction of sp³-hybridized carbons (Fsp3) is 0.923. The topological polar surface area (TPSA) is 41.6 Å². The second-order valence-electron chi connectivity index (χ2n) is 4.96. The summed E-state index contributed by atoms with van der Waals surface area (Å²) in [4.78, 5) is 14.2. The number of hydrogen-bond acceptors (Lipinski definition) is 3. The first-order valence-electron chi connectivity index (χ1n) is 6.67. The van der Waals surface area contributed by atoms with Gasteiger partial charge in [0.1, 0.15) is 0 Å². The van der Waals surface area contributed by atoms with E-state index < -0.39 is 0 Å². The minimum atomic E-state index is 0.0799. The lowest BCUT2D eigenvalue weighted by atomic mass is 9.97. The van der Waals surface area contributed by atoms with E-state index in [1.54, 1.807) is 7.11 Å². The van der Waals surface area contributed by atoms with Crippen molar-refractivity contribution < 1.29 is 9.53 Å². The van der Waals surface area contributed by atoms with Crippen LogP contribution < -0.4 is 5.32 Å². The Morgan fingerprint density at radius 1 is 1.59 bits per heavy atom. The summed E-state index contributed by atoms with van der Waals surface area (Å²) in [5, 5.41) is 3.23. The molecule has 0 radical (unpaired) electrons. The highest BCUT2D eigenvalue weighted by atomic mass is 16.5. The number of carbonyl (C=O) groups excluding carboxylic acids is 1. The van der Waals surface area contributed by atoms with E-state index in [9.17, 15) is 4.79 Å². The Hall–Kier alpha value is -0.610. The van der Waals surface area contributed by atoms with Crippen molar-refractivity contribution >= 4 is 5.91 Å². The average Bonchev–Trinajstić information content (AvgIpc) is 2.35. The molecule has 1 N–H and O–H groups in total. The van der Waals surface area contributed by atoms with Gasteiger partial charge in [-0.2, -0.15) is 0 Å². The number of carbonyl (C=O) groups is 1. The Labute approximate surface area is 105 Å². The minimum Gasteiger partial charge on any atom is -0.384 e. The number of likely N-dealkylation sites (tertiary alicyclic amines) is 1. The lowest BCUT2D eigenvalue weighted by molar-refractivity contribution is -0.137. The van der Waals surface area contributed by atoms with Gasteiger partial charge in [0.25, 0.3) is 0 Å². The summed E-state index contributed by atoms with van der Waals surface area (Å²) in [6.45, 7) is 8.31. The molecule has 2 unspecified atom stereocenters. The van der Waals surface area contributed by atoms with Crippen molar-refractivity contribution in [1.82, 2.24) is 10.2 Å². The van der Waals surface area contributed by atoms with Gasteiger partial charge < -0.3 is 15.0 Å². The van der Waals surface area contributed by atoms with Gasteiger partial charge in [-0.05, 0) is 25.3 Å². The molecule has 1 aliphatic heterocycles. The van der Waals surface area contributed by atoms with Crippen molar-refractivity contribution in [2.45, 2.75) is 26.7 Å². The normalized spacial score (nSPS) is 22.5. The second kappa shape index (κ2) is 7.67. The van der Waals surface area contributed by atoms with Crippen LogP contribution in [0.4, 0.5) is 0 Å². The van der Waals surface area contributed by atoms with Crippen LogP contribution in [-0.2, 0) is 9.53 Å². The van der Waals surface area contributed by atoms with Gasteiger partial charge in [0, 0.05) is 32.7 Å². The maximum Gasteiger partial charge on any atom is 0.226 e. The average molecular weight is 242 g/mol. The molecular formula is C13H26N2O2. The van der Waals surface area contributed by atoms with E-state index >= 15 is 0 Å². The quantitative estimate of drug-likeness (QED) is 0.759. The molecule has 1 heterocycles. The number of amides is 1. The van der Waals surface area contributed by atoms with Crippen molar-refractivity contribution in [2.75, 3.05) is 39.9 Å². The fourth-order valence-electron chi connectivity index (χ4n) is 2.40. The standard InChI is InChI=1S/C13H26N2O2/c1-4-14-8-11(2)13(16)15-7-5-6-12(9-15)10-17-3/h11-12,14H,4-10H2,1-3H3. The molecule has 0 aromatic carbocycles. The first-order valence-corrected chi connectivity index (χ1v) is 6.67. The van der Waals surface area contributed by atoms with Crippen molar-refractivity contribution in [1.29, 1.82) is 0 Å². The molecule has 4 heteroatoms. The van der Waals surface area contributed by atoms with Gasteiger partial charge in [0.15, 0.2) is 0 Å². The molecule has 17 heavy (non-hydrogen) atoms. The molecule has 0 aromatic heterocycles. The lowest BCUT2D eigenvalue weighted by Gasteiger charge is -2.34. The van der Waals surface area contributed by atoms with Crippen molar-refractivity contribution in [3.63, 3.8) is 0 Å². The molecular weight excluding hydrogens is 216 g/mol. The van der Waals surface area contributed by atoms with E-state index in [1.807, 2.05) is 11.8 Å². The van der Waals surface area contributed by atoms with Gasteiger partial charge in [0.2, 0.25) is 5.91 Å². The first-order chi connectivity index (χ1) is 8.19. The minimum absolute atomic E-state index is 0.0799. The predicted molar refractivity (Wildman–Crippen MR) is 68.9 cm³/mol. The zero-order valence-corrected chi connectivity index (χ0v) is 11.4. The van der Waals surface area contributed by atoms with Gasteiger partial charge in [-0.1, -0.05) is 13.8 Å². The van der Waals surface area contributed by atoms with Gasteiger partial charge in [-0.25, -0.2) is 0 Å². The van der Waals surface area contributed by atoms with Crippen LogP contribution in [0.25, 0.3) is 0 Å². The number of ether oxygens (including phenoxy) is 1. The highest BCUT2D eigenvalue weighted by molar-refractivity contribution is 5.78. The first kappa shape index (κ1) is 14.5. The summed E-state index contributed by atoms with van der Waals surface area (Å²) in [7, 11) is 1.73. The van der Waals surface area contributed by atoms with E-state index in [4.69, 9.17) is 4.74 Å². The van der Waals surface area contributed by atoms with Crippen LogP contribution >= 0.6 is 0 Å². The maximum absolute atomic E-state index is 12.2. The van der Waals surface area contributed by atoms with Crippen molar-refractivity contribution in [3.05, 3.63) is 0 Å². The molecule has 1 amide bonds. The third-order valence-corrected chi connectivity index (χ3v) is 3.36. The monoisotopic (exact) mass is 242 g/mol. The molecule has 1 rings (SSSR count). The Balaban J connectivity index is 2.39. The Morgan fingerprint density at radius 2 is 2.35 bits per heavy atom. The Bertz CT molecular complexity index is 231. The van der Waals surface area contributed by atoms with Gasteiger partial charge in [-0.3, -0.25) is 4.79 Å². The van der Waals surface area contributed by atoms with E-state index in [0.717, 1.165) is 39.2 Å². The smallest absolute Gasteiger partial charge is 0.226 e. The van der Waals surface area contributed by atoms with Crippen LogP contribution in [0.1, 0.15) is 26.7 Å². The summed E-state index contributed by atoms with van der Waals surface area (Å²) in [6, 6.07) is 0. The van der Waals surface area contributed by atoms with Crippen LogP contribution in [0.3, 0.4) is 0 Å². The molecule has 2 atom stereocenters. The molecule has 0 saturated carbocycles.